The molecule has 0 bridgehead atoms. The summed E-state index contributed by atoms with van der Waals surface area (Å²) in [5, 5.41) is 5.62. The number of unbranched alkanes of at least 4 members (excludes halogenated alkanes) is 2. The van der Waals surface area contributed by atoms with E-state index in [9.17, 15) is 14.0 Å². The maximum atomic E-state index is 13.4. The lowest BCUT2D eigenvalue weighted by Gasteiger charge is -2.36. The fourth-order valence-corrected chi connectivity index (χ4v) is 4.03. The number of hydrogen-bond acceptors (Lipinski definition) is 4. The van der Waals surface area contributed by atoms with E-state index < -0.39 is 0 Å². The second kappa shape index (κ2) is 9.29. The van der Waals surface area contributed by atoms with E-state index in [1.807, 2.05) is 12.1 Å². The number of aromatic nitrogens is 2. The van der Waals surface area contributed by atoms with Crippen LogP contribution in [0.15, 0.2) is 53.3 Å². The van der Waals surface area contributed by atoms with Gasteiger partial charge in [0.1, 0.15) is 5.82 Å². The molecule has 1 aliphatic heterocycles. The first-order chi connectivity index (χ1) is 15.1. The van der Waals surface area contributed by atoms with Crippen LogP contribution in [0.4, 0.5) is 10.1 Å². The zero-order chi connectivity index (χ0) is 21.8. The summed E-state index contributed by atoms with van der Waals surface area (Å²) in [5.74, 6) is -0.413. The topological polar surface area (TPSA) is 58.4 Å². The van der Waals surface area contributed by atoms with Crippen LogP contribution in [-0.4, -0.2) is 46.8 Å². The summed E-state index contributed by atoms with van der Waals surface area (Å²) in [6.45, 7) is 5.02. The van der Waals surface area contributed by atoms with E-state index in [0.717, 1.165) is 24.9 Å². The number of halogens is 1. The molecule has 0 spiro atoms. The number of aryl methyl sites for hydroxylation is 1. The van der Waals surface area contributed by atoms with Gasteiger partial charge in [0.25, 0.3) is 11.5 Å². The third kappa shape index (κ3) is 4.45. The van der Waals surface area contributed by atoms with Crippen LogP contribution in [0.5, 0.6) is 0 Å². The van der Waals surface area contributed by atoms with E-state index in [1.54, 1.807) is 29.2 Å². The van der Waals surface area contributed by atoms with Crippen molar-refractivity contribution in [1.29, 1.82) is 0 Å². The number of carbonyl (C=O) groups is 1. The smallest absolute Gasteiger partial charge is 0.275 e. The maximum Gasteiger partial charge on any atom is 0.275 e. The molecule has 31 heavy (non-hydrogen) atoms. The van der Waals surface area contributed by atoms with Gasteiger partial charge in [-0.15, -0.1) is 0 Å². The van der Waals surface area contributed by atoms with E-state index in [4.69, 9.17) is 0 Å². The molecule has 0 unspecified atom stereocenters. The van der Waals surface area contributed by atoms with Crippen LogP contribution in [0.2, 0.25) is 0 Å². The number of nitrogens with zero attached hydrogens (tertiary/aromatic N) is 4. The molecule has 0 radical (unpaired) electrons. The monoisotopic (exact) mass is 422 g/mol. The van der Waals surface area contributed by atoms with E-state index in [2.05, 4.69) is 16.9 Å². The largest absolute Gasteiger partial charge is 0.368 e. The molecule has 1 fully saturated rings. The summed E-state index contributed by atoms with van der Waals surface area (Å²) in [6.07, 6.45) is 2.91. The minimum absolute atomic E-state index is 0.149. The lowest BCUT2D eigenvalue weighted by Crippen LogP contribution is -2.49. The number of piperazine rings is 1. The molecule has 0 atom stereocenters. The van der Waals surface area contributed by atoms with Crippen LogP contribution < -0.4 is 10.5 Å². The average molecular weight is 423 g/mol. The number of fused-ring (bicyclic) bond motifs is 1. The summed E-state index contributed by atoms with van der Waals surface area (Å²) >= 11 is 0. The highest BCUT2D eigenvalue weighted by Gasteiger charge is 2.26. The highest BCUT2D eigenvalue weighted by atomic mass is 19.1. The molecule has 1 saturated heterocycles. The average Bonchev–Trinajstić information content (AvgIpc) is 2.81. The fraction of sp³-hybridized carbons (Fsp3) is 0.375. The van der Waals surface area contributed by atoms with Crippen molar-refractivity contribution in [3.63, 3.8) is 0 Å². The predicted molar refractivity (Wildman–Crippen MR) is 120 cm³/mol. The molecule has 2 aromatic carbocycles. The van der Waals surface area contributed by atoms with Gasteiger partial charge >= 0.3 is 0 Å². The van der Waals surface area contributed by atoms with Gasteiger partial charge in [0, 0.05) is 43.8 Å². The van der Waals surface area contributed by atoms with Crippen molar-refractivity contribution in [2.75, 3.05) is 31.1 Å². The van der Waals surface area contributed by atoms with E-state index in [0.29, 0.717) is 49.2 Å². The van der Waals surface area contributed by atoms with Gasteiger partial charge in [0.2, 0.25) is 0 Å². The van der Waals surface area contributed by atoms with Crippen LogP contribution in [0, 0.1) is 5.82 Å². The first-order valence-electron chi connectivity index (χ1n) is 10.9. The van der Waals surface area contributed by atoms with Crippen molar-refractivity contribution >= 4 is 22.4 Å². The van der Waals surface area contributed by atoms with Crippen molar-refractivity contribution in [1.82, 2.24) is 14.7 Å². The summed E-state index contributed by atoms with van der Waals surface area (Å²) in [6, 6.07) is 13.6. The van der Waals surface area contributed by atoms with Crippen molar-refractivity contribution in [2.45, 2.75) is 32.7 Å². The van der Waals surface area contributed by atoms with Crippen LogP contribution in [0.25, 0.3) is 10.8 Å². The highest BCUT2D eigenvalue weighted by molar-refractivity contribution is 6.04. The first-order valence-corrected chi connectivity index (χ1v) is 10.9. The molecule has 3 aromatic rings. The van der Waals surface area contributed by atoms with Crippen LogP contribution in [0.1, 0.15) is 36.7 Å². The Bertz CT molecular complexity index is 1120. The van der Waals surface area contributed by atoms with Gasteiger partial charge in [0.05, 0.1) is 5.39 Å². The van der Waals surface area contributed by atoms with Gasteiger partial charge in [-0.1, -0.05) is 38.0 Å². The van der Waals surface area contributed by atoms with Crippen molar-refractivity contribution in [2.24, 2.45) is 0 Å². The Kier molecular flexibility index (Phi) is 6.30. The standard InChI is InChI=1S/C24H27FN4O2/c1-2-3-6-13-29-23(30)21-8-5-4-7-20(21)22(26-29)24(31)28-16-14-27(15-17-28)19-11-9-18(25)10-12-19/h4-5,7-12H,2-3,6,13-17H2,1H3. The molecule has 0 saturated carbocycles. The minimum atomic E-state index is -0.260. The molecule has 1 amide bonds. The second-order valence-corrected chi connectivity index (χ2v) is 7.89. The lowest BCUT2D eigenvalue weighted by atomic mass is 10.1. The minimum Gasteiger partial charge on any atom is -0.368 e. The Morgan fingerprint density at radius 2 is 1.65 bits per heavy atom. The van der Waals surface area contributed by atoms with Gasteiger partial charge in [-0.2, -0.15) is 5.10 Å². The zero-order valence-corrected chi connectivity index (χ0v) is 17.8. The summed E-state index contributed by atoms with van der Waals surface area (Å²) < 4.78 is 14.6. The van der Waals surface area contributed by atoms with Crippen molar-refractivity contribution < 1.29 is 9.18 Å². The molecule has 1 aromatic heterocycles. The summed E-state index contributed by atoms with van der Waals surface area (Å²) in [5.41, 5.74) is 1.13. The van der Waals surface area contributed by atoms with Crippen LogP contribution in [0.3, 0.4) is 0 Å². The molecule has 2 heterocycles. The quantitative estimate of drug-likeness (QED) is 0.569. The number of benzene rings is 2. The third-order valence-corrected chi connectivity index (χ3v) is 5.80. The van der Waals surface area contributed by atoms with Crippen molar-refractivity contribution in [3.05, 3.63) is 70.4 Å². The zero-order valence-electron chi connectivity index (χ0n) is 17.8. The molecular weight excluding hydrogens is 395 g/mol. The molecule has 162 valence electrons. The number of rotatable bonds is 6. The highest BCUT2D eigenvalue weighted by Crippen LogP contribution is 2.20. The summed E-state index contributed by atoms with van der Waals surface area (Å²) in [4.78, 5) is 30.1. The van der Waals surface area contributed by atoms with Gasteiger partial charge in [-0.3, -0.25) is 9.59 Å². The molecule has 1 aliphatic rings. The van der Waals surface area contributed by atoms with Gasteiger partial charge in [-0.05, 0) is 36.8 Å². The molecule has 4 rings (SSSR count). The van der Waals surface area contributed by atoms with Gasteiger partial charge in [0.15, 0.2) is 5.69 Å². The van der Waals surface area contributed by atoms with Crippen LogP contribution >= 0.6 is 0 Å². The second-order valence-electron chi connectivity index (χ2n) is 7.89. The normalized spacial score (nSPS) is 14.3. The number of amides is 1. The first kappa shape index (κ1) is 21.0. The van der Waals surface area contributed by atoms with E-state index in [-0.39, 0.29) is 17.3 Å². The predicted octanol–water partition coefficient (Wildman–Crippen LogP) is 3.69. The Morgan fingerprint density at radius 3 is 2.32 bits per heavy atom. The third-order valence-electron chi connectivity index (χ3n) is 5.80. The van der Waals surface area contributed by atoms with Crippen molar-refractivity contribution in [3.8, 4) is 0 Å². The Labute approximate surface area is 180 Å². The van der Waals surface area contributed by atoms with E-state index in [1.165, 1.54) is 16.8 Å². The van der Waals surface area contributed by atoms with Gasteiger partial charge < -0.3 is 9.80 Å². The number of anilines is 1. The summed E-state index contributed by atoms with van der Waals surface area (Å²) in [7, 11) is 0. The molecule has 6 nitrogen and oxygen atoms in total. The molecule has 0 aliphatic carbocycles. The lowest BCUT2D eigenvalue weighted by molar-refractivity contribution is 0.0740. The van der Waals surface area contributed by atoms with Crippen LogP contribution in [-0.2, 0) is 6.54 Å². The Morgan fingerprint density at radius 1 is 0.968 bits per heavy atom. The fourth-order valence-electron chi connectivity index (χ4n) is 4.03. The van der Waals surface area contributed by atoms with E-state index >= 15 is 0 Å². The van der Waals surface area contributed by atoms with Gasteiger partial charge in [-0.25, -0.2) is 9.07 Å². The molecular formula is C24H27FN4O2. The Hall–Kier alpha value is -3.22. The number of hydrogen-bond donors (Lipinski definition) is 0. The molecule has 0 N–H and O–H groups in total. The number of carbonyl (C=O) groups excluding carboxylic acids is 1. The SMILES string of the molecule is CCCCCn1nc(C(=O)N2CCN(c3ccc(F)cc3)CC2)c2ccccc2c1=O. The Balaban J connectivity index is 1.56. The molecule has 7 heteroatoms. The maximum absolute atomic E-state index is 13.4.